The Labute approximate surface area is 126 Å². The van der Waals surface area contributed by atoms with Crippen molar-refractivity contribution >= 4 is 39.1 Å². The highest BCUT2D eigenvalue weighted by molar-refractivity contribution is 9.09. The molecule has 3 heteroatoms. The maximum atomic E-state index is 6.25. The van der Waals surface area contributed by atoms with Crippen molar-refractivity contribution in [2.75, 3.05) is 5.33 Å². The largest absolute Gasteiger partial charge is 0.0921 e. The van der Waals surface area contributed by atoms with Gasteiger partial charge in [-0.15, -0.1) is 0 Å². The minimum absolute atomic E-state index is 0.332. The van der Waals surface area contributed by atoms with Gasteiger partial charge in [0.2, 0.25) is 0 Å². The maximum absolute atomic E-state index is 6.25. The number of alkyl halides is 1. The van der Waals surface area contributed by atoms with Crippen molar-refractivity contribution in [3.8, 4) is 0 Å². The first kappa shape index (κ1) is 13.9. The van der Waals surface area contributed by atoms with Crippen LogP contribution in [0.15, 0.2) is 48.5 Å². The summed E-state index contributed by atoms with van der Waals surface area (Å²) in [5, 5.41) is 2.49. The average Bonchev–Trinajstić information content (AvgIpc) is 2.39. The fourth-order valence-electron chi connectivity index (χ4n) is 1.98. The van der Waals surface area contributed by atoms with E-state index in [2.05, 4.69) is 28.1 Å². The Morgan fingerprint density at radius 3 is 2.11 bits per heavy atom. The van der Waals surface area contributed by atoms with Crippen LogP contribution < -0.4 is 0 Å². The van der Waals surface area contributed by atoms with Crippen LogP contribution in [0.2, 0.25) is 10.0 Å². The predicted octanol–water partition coefficient (Wildman–Crippen LogP) is 5.71. The molecule has 0 nitrogen and oxygen atoms in total. The van der Waals surface area contributed by atoms with E-state index in [9.17, 15) is 0 Å². The standard InChI is InChI=1S/C15H13BrCl2/c16-10-12(13-6-2-4-8-15(13)18)9-11-5-1-3-7-14(11)17/h1-8,12H,9-10H2. The van der Waals surface area contributed by atoms with E-state index in [1.165, 1.54) is 0 Å². The van der Waals surface area contributed by atoms with Gasteiger partial charge in [0.25, 0.3) is 0 Å². The van der Waals surface area contributed by atoms with Crippen molar-refractivity contribution in [3.05, 3.63) is 69.7 Å². The molecule has 0 heterocycles. The molecule has 2 rings (SSSR count). The van der Waals surface area contributed by atoms with E-state index in [1.54, 1.807) is 0 Å². The van der Waals surface area contributed by atoms with Gasteiger partial charge in [-0.25, -0.2) is 0 Å². The first-order chi connectivity index (χ1) is 8.72. The quantitative estimate of drug-likeness (QED) is 0.623. The zero-order valence-corrected chi connectivity index (χ0v) is 12.8. The van der Waals surface area contributed by atoms with Crippen molar-refractivity contribution < 1.29 is 0 Å². The van der Waals surface area contributed by atoms with Gasteiger partial charge in [0.05, 0.1) is 0 Å². The zero-order valence-electron chi connectivity index (χ0n) is 9.74. The van der Waals surface area contributed by atoms with E-state index in [0.717, 1.165) is 32.9 Å². The highest BCUT2D eigenvalue weighted by atomic mass is 79.9. The second kappa shape index (κ2) is 6.60. The summed E-state index contributed by atoms with van der Waals surface area (Å²) in [6.45, 7) is 0. The number of hydrogen-bond acceptors (Lipinski definition) is 0. The van der Waals surface area contributed by atoms with Crippen LogP contribution in [0.4, 0.5) is 0 Å². The van der Waals surface area contributed by atoms with Crippen LogP contribution in [0, 0.1) is 0 Å². The zero-order chi connectivity index (χ0) is 13.0. The van der Waals surface area contributed by atoms with Crippen LogP contribution in [0.1, 0.15) is 17.0 Å². The normalized spacial score (nSPS) is 12.4. The topological polar surface area (TPSA) is 0 Å². The van der Waals surface area contributed by atoms with Gasteiger partial charge in [-0.3, -0.25) is 0 Å². The molecule has 18 heavy (non-hydrogen) atoms. The monoisotopic (exact) mass is 342 g/mol. The summed E-state index contributed by atoms with van der Waals surface area (Å²) < 4.78 is 0. The van der Waals surface area contributed by atoms with Crippen LogP contribution in [0.25, 0.3) is 0 Å². The number of hydrogen-bond donors (Lipinski definition) is 0. The minimum atomic E-state index is 0.332. The smallest absolute Gasteiger partial charge is 0.0441 e. The van der Waals surface area contributed by atoms with Gasteiger partial charge in [0.15, 0.2) is 0 Å². The lowest BCUT2D eigenvalue weighted by Crippen LogP contribution is -2.05. The lowest BCUT2D eigenvalue weighted by Gasteiger charge is -2.16. The van der Waals surface area contributed by atoms with Gasteiger partial charge in [-0.1, -0.05) is 75.5 Å². The number of rotatable bonds is 4. The third-order valence-electron chi connectivity index (χ3n) is 2.96. The van der Waals surface area contributed by atoms with E-state index in [1.807, 2.05) is 36.4 Å². The van der Waals surface area contributed by atoms with Gasteiger partial charge in [-0.2, -0.15) is 0 Å². The molecule has 0 saturated carbocycles. The van der Waals surface area contributed by atoms with Gasteiger partial charge in [0, 0.05) is 15.4 Å². The Bertz CT molecular complexity index is 525. The molecule has 0 aromatic heterocycles. The summed E-state index contributed by atoms with van der Waals surface area (Å²) in [6, 6.07) is 15.9. The fourth-order valence-corrected chi connectivity index (χ4v) is 3.06. The highest BCUT2D eigenvalue weighted by Crippen LogP contribution is 2.30. The lowest BCUT2D eigenvalue weighted by atomic mass is 9.93. The second-order valence-corrected chi connectivity index (χ2v) is 5.63. The molecule has 0 saturated heterocycles. The Kier molecular flexibility index (Phi) is 5.11. The molecule has 0 aliphatic rings. The first-order valence-corrected chi connectivity index (χ1v) is 7.64. The third kappa shape index (κ3) is 3.28. The Hall–Kier alpha value is -0.500. The molecule has 0 radical (unpaired) electrons. The minimum Gasteiger partial charge on any atom is -0.0921 e. The van der Waals surface area contributed by atoms with Crippen molar-refractivity contribution in [3.63, 3.8) is 0 Å². The number of benzene rings is 2. The molecule has 2 aromatic rings. The SMILES string of the molecule is Clc1ccccc1CC(CBr)c1ccccc1Cl. The molecule has 0 aliphatic heterocycles. The summed E-state index contributed by atoms with van der Waals surface area (Å²) in [4.78, 5) is 0. The van der Waals surface area contributed by atoms with Crippen molar-refractivity contribution in [2.45, 2.75) is 12.3 Å². The van der Waals surface area contributed by atoms with Crippen LogP contribution in [-0.2, 0) is 6.42 Å². The maximum Gasteiger partial charge on any atom is 0.0441 e. The summed E-state index contributed by atoms with van der Waals surface area (Å²) in [5.41, 5.74) is 2.32. The highest BCUT2D eigenvalue weighted by Gasteiger charge is 2.15. The van der Waals surface area contributed by atoms with E-state index < -0.39 is 0 Å². The van der Waals surface area contributed by atoms with Crippen molar-refractivity contribution in [1.29, 1.82) is 0 Å². The summed E-state index contributed by atoms with van der Waals surface area (Å²) in [6.07, 6.45) is 0.884. The molecule has 1 unspecified atom stereocenters. The molecule has 0 amide bonds. The number of halogens is 3. The molecule has 2 aromatic carbocycles. The molecule has 0 bridgehead atoms. The Balaban J connectivity index is 2.26. The molecular weight excluding hydrogens is 331 g/mol. The van der Waals surface area contributed by atoms with Crippen LogP contribution in [0.3, 0.4) is 0 Å². The van der Waals surface area contributed by atoms with E-state index in [4.69, 9.17) is 23.2 Å². The molecule has 94 valence electrons. The summed E-state index contributed by atoms with van der Waals surface area (Å²) in [5.74, 6) is 0.332. The summed E-state index contributed by atoms with van der Waals surface area (Å²) >= 11 is 16.0. The molecule has 0 N–H and O–H groups in total. The van der Waals surface area contributed by atoms with Crippen LogP contribution in [0.5, 0.6) is 0 Å². The molecule has 1 atom stereocenters. The Morgan fingerprint density at radius 1 is 0.889 bits per heavy atom. The van der Waals surface area contributed by atoms with Crippen molar-refractivity contribution in [1.82, 2.24) is 0 Å². The fraction of sp³-hybridized carbons (Fsp3) is 0.200. The molecule has 0 aliphatic carbocycles. The van der Waals surface area contributed by atoms with Crippen LogP contribution >= 0.6 is 39.1 Å². The van der Waals surface area contributed by atoms with Gasteiger partial charge >= 0.3 is 0 Å². The van der Waals surface area contributed by atoms with Crippen molar-refractivity contribution in [2.24, 2.45) is 0 Å². The molecular formula is C15H13BrCl2. The lowest BCUT2D eigenvalue weighted by molar-refractivity contribution is 0.776. The van der Waals surface area contributed by atoms with E-state index in [0.29, 0.717) is 5.92 Å². The molecule has 0 fully saturated rings. The van der Waals surface area contributed by atoms with Crippen LogP contribution in [-0.4, -0.2) is 5.33 Å². The summed E-state index contributed by atoms with van der Waals surface area (Å²) in [7, 11) is 0. The average molecular weight is 344 g/mol. The molecule has 0 spiro atoms. The first-order valence-electron chi connectivity index (χ1n) is 5.76. The second-order valence-electron chi connectivity index (χ2n) is 4.17. The van der Waals surface area contributed by atoms with E-state index >= 15 is 0 Å². The third-order valence-corrected chi connectivity index (χ3v) is 4.45. The van der Waals surface area contributed by atoms with Gasteiger partial charge in [0.1, 0.15) is 0 Å². The Morgan fingerprint density at radius 2 is 1.50 bits per heavy atom. The van der Waals surface area contributed by atoms with Gasteiger partial charge in [-0.05, 0) is 35.6 Å². The predicted molar refractivity (Wildman–Crippen MR) is 83.1 cm³/mol. The van der Waals surface area contributed by atoms with E-state index in [-0.39, 0.29) is 0 Å². The van der Waals surface area contributed by atoms with Gasteiger partial charge < -0.3 is 0 Å².